The fraction of sp³-hybridized carbons (Fsp3) is 0.600. The zero-order chi connectivity index (χ0) is 12.3. The maximum absolute atomic E-state index is 5.90. The van der Waals surface area contributed by atoms with E-state index in [1.807, 2.05) is 0 Å². The van der Waals surface area contributed by atoms with E-state index >= 15 is 0 Å². The van der Waals surface area contributed by atoms with E-state index in [1.165, 1.54) is 17.5 Å². The van der Waals surface area contributed by atoms with Crippen molar-refractivity contribution in [1.82, 2.24) is 5.32 Å². The SMILES string of the molecule is CCCNC1CC(C)Oc2ccc(CC)cc21. The standard InChI is InChI=1S/C15H23NO/c1-4-8-16-14-9-11(3)17-15-7-6-12(5-2)10-13(14)15/h6-7,10-11,14,16H,4-5,8-9H2,1-3H3. The molecule has 2 atom stereocenters. The third-order valence-corrected chi connectivity index (χ3v) is 3.39. The van der Waals surface area contributed by atoms with Crippen LogP contribution < -0.4 is 10.1 Å². The van der Waals surface area contributed by atoms with Gasteiger partial charge in [-0.2, -0.15) is 0 Å². The lowest BCUT2D eigenvalue weighted by molar-refractivity contribution is 0.166. The largest absolute Gasteiger partial charge is 0.490 e. The molecule has 1 N–H and O–H groups in total. The summed E-state index contributed by atoms with van der Waals surface area (Å²) in [6.45, 7) is 7.63. The zero-order valence-corrected chi connectivity index (χ0v) is 11.1. The smallest absolute Gasteiger partial charge is 0.124 e. The fourth-order valence-corrected chi connectivity index (χ4v) is 2.43. The van der Waals surface area contributed by atoms with E-state index in [0.717, 1.165) is 25.1 Å². The second kappa shape index (κ2) is 5.54. The van der Waals surface area contributed by atoms with Crippen molar-refractivity contribution in [3.63, 3.8) is 0 Å². The first-order valence-electron chi connectivity index (χ1n) is 6.77. The normalized spacial score (nSPS) is 23.0. The maximum Gasteiger partial charge on any atom is 0.124 e. The van der Waals surface area contributed by atoms with Crippen LogP contribution in [0.25, 0.3) is 0 Å². The summed E-state index contributed by atoms with van der Waals surface area (Å²) in [5.74, 6) is 1.06. The Labute approximate surface area is 104 Å². The van der Waals surface area contributed by atoms with Crippen LogP contribution in [-0.4, -0.2) is 12.6 Å². The Hall–Kier alpha value is -1.02. The van der Waals surface area contributed by atoms with Crippen molar-refractivity contribution >= 4 is 0 Å². The highest BCUT2D eigenvalue weighted by Gasteiger charge is 2.25. The van der Waals surface area contributed by atoms with Crippen molar-refractivity contribution < 1.29 is 4.74 Å². The van der Waals surface area contributed by atoms with Gasteiger partial charge >= 0.3 is 0 Å². The number of aryl methyl sites for hydroxylation is 1. The van der Waals surface area contributed by atoms with Crippen LogP contribution in [0.1, 0.15) is 50.8 Å². The molecule has 94 valence electrons. The van der Waals surface area contributed by atoms with Gasteiger partial charge in [0.15, 0.2) is 0 Å². The Morgan fingerprint density at radius 2 is 2.18 bits per heavy atom. The molecule has 2 unspecified atom stereocenters. The third-order valence-electron chi connectivity index (χ3n) is 3.39. The van der Waals surface area contributed by atoms with Crippen LogP contribution in [0.4, 0.5) is 0 Å². The van der Waals surface area contributed by atoms with E-state index in [2.05, 4.69) is 44.3 Å². The first kappa shape index (κ1) is 12.4. The average molecular weight is 233 g/mol. The Morgan fingerprint density at radius 1 is 1.35 bits per heavy atom. The monoisotopic (exact) mass is 233 g/mol. The molecule has 0 radical (unpaired) electrons. The number of nitrogens with one attached hydrogen (secondary N) is 1. The van der Waals surface area contributed by atoms with Crippen molar-refractivity contribution in [2.45, 2.75) is 52.2 Å². The lowest BCUT2D eigenvalue weighted by Crippen LogP contribution is -2.32. The van der Waals surface area contributed by atoms with Crippen LogP contribution in [0.2, 0.25) is 0 Å². The van der Waals surface area contributed by atoms with Crippen LogP contribution in [0.15, 0.2) is 18.2 Å². The van der Waals surface area contributed by atoms with Gasteiger partial charge in [0.05, 0.1) is 6.10 Å². The van der Waals surface area contributed by atoms with Gasteiger partial charge in [-0.1, -0.05) is 26.0 Å². The molecule has 2 nitrogen and oxygen atoms in total. The van der Waals surface area contributed by atoms with Gasteiger partial charge in [-0.15, -0.1) is 0 Å². The number of hydrogen-bond acceptors (Lipinski definition) is 2. The minimum Gasteiger partial charge on any atom is -0.490 e. The Kier molecular flexibility index (Phi) is 4.06. The van der Waals surface area contributed by atoms with Gasteiger partial charge in [-0.3, -0.25) is 0 Å². The molecule has 0 bridgehead atoms. The maximum atomic E-state index is 5.90. The molecule has 0 fully saturated rings. The lowest BCUT2D eigenvalue weighted by Gasteiger charge is -2.31. The highest BCUT2D eigenvalue weighted by molar-refractivity contribution is 5.41. The summed E-state index contributed by atoms with van der Waals surface area (Å²) in [4.78, 5) is 0. The van der Waals surface area contributed by atoms with Gasteiger partial charge < -0.3 is 10.1 Å². The zero-order valence-electron chi connectivity index (χ0n) is 11.1. The summed E-state index contributed by atoms with van der Waals surface area (Å²) >= 11 is 0. The summed E-state index contributed by atoms with van der Waals surface area (Å²) in [5.41, 5.74) is 2.74. The molecule has 0 spiro atoms. The minimum atomic E-state index is 0.310. The van der Waals surface area contributed by atoms with Gasteiger partial charge in [0.1, 0.15) is 5.75 Å². The average Bonchev–Trinajstić information content (AvgIpc) is 2.35. The molecular formula is C15H23NO. The van der Waals surface area contributed by atoms with Crippen molar-refractivity contribution in [2.75, 3.05) is 6.54 Å². The molecular weight excluding hydrogens is 210 g/mol. The molecule has 1 aromatic carbocycles. The summed E-state index contributed by atoms with van der Waals surface area (Å²) in [6.07, 6.45) is 3.64. The van der Waals surface area contributed by atoms with Crippen LogP contribution in [0.3, 0.4) is 0 Å². The lowest BCUT2D eigenvalue weighted by atomic mass is 9.94. The number of benzene rings is 1. The van der Waals surface area contributed by atoms with Gasteiger partial charge in [0.25, 0.3) is 0 Å². The van der Waals surface area contributed by atoms with E-state index in [-0.39, 0.29) is 0 Å². The first-order chi connectivity index (χ1) is 8.24. The van der Waals surface area contributed by atoms with E-state index in [0.29, 0.717) is 12.1 Å². The van der Waals surface area contributed by atoms with Crippen molar-refractivity contribution in [3.8, 4) is 5.75 Å². The molecule has 1 aromatic rings. The van der Waals surface area contributed by atoms with Gasteiger partial charge in [0, 0.05) is 18.0 Å². The third kappa shape index (κ3) is 2.81. The highest BCUT2D eigenvalue weighted by Crippen LogP contribution is 2.35. The second-order valence-corrected chi connectivity index (χ2v) is 4.90. The van der Waals surface area contributed by atoms with E-state index in [9.17, 15) is 0 Å². The summed E-state index contributed by atoms with van der Waals surface area (Å²) in [6, 6.07) is 7.06. The number of rotatable bonds is 4. The fourth-order valence-electron chi connectivity index (χ4n) is 2.43. The van der Waals surface area contributed by atoms with Crippen LogP contribution in [0.5, 0.6) is 5.75 Å². The molecule has 0 aliphatic carbocycles. The minimum absolute atomic E-state index is 0.310. The molecule has 1 aliphatic heterocycles. The molecule has 0 saturated heterocycles. The number of fused-ring (bicyclic) bond motifs is 1. The Morgan fingerprint density at radius 3 is 2.88 bits per heavy atom. The number of ether oxygens (including phenoxy) is 1. The summed E-state index contributed by atoms with van der Waals surface area (Å²) in [7, 11) is 0. The topological polar surface area (TPSA) is 21.3 Å². The van der Waals surface area contributed by atoms with E-state index < -0.39 is 0 Å². The summed E-state index contributed by atoms with van der Waals surface area (Å²) < 4.78 is 5.90. The van der Waals surface area contributed by atoms with Crippen molar-refractivity contribution in [3.05, 3.63) is 29.3 Å². The van der Waals surface area contributed by atoms with E-state index in [1.54, 1.807) is 0 Å². The molecule has 2 rings (SSSR count). The molecule has 0 aromatic heterocycles. The van der Waals surface area contributed by atoms with Crippen molar-refractivity contribution in [1.29, 1.82) is 0 Å². The molecule has 0 amide bonds. The Balaban J connectivity index is 2.25. The molecule has 1 heterocycles. The van der Waals surface area contributed by atoms with Crippen LogP contribution >= 0.6 is 0 Å². The highest BCUT2D eigenvalue weighted by atomic mass is 16.5. The van der Waals surface area contributed by atoms with Gasteiger partial charge in [0.2, 0.25) is 0 Å². The van der Waals surface area contributed by atoms with Crippen molar-refractivity contribution in [2.24, 2.45) is 0 Å². The predicted molar refractivity (Wildman–Crippen MR) is 71.6 cm³/mol. The second-order valence-electron chi connectivity index (χ2n) is 4.90. The van der Waals surface area contributed by atoms with Gasteiger partial charge in [-0.25, -0.2) is 0 Å². The molecule has 0 saturated carbocycles. The predicted octanol–water partition coefficient (Wildman–Crippen LogP) is 3.46. The van der Waals surface area contributed by atoms with Crippen LogP contribution in [0, 0.1) is 0 Å². The van der Waals surface area contributed by atoms with Crippen LogP contribution in [-0.2, 0) is 6.42 Å². The molecule has 1 aliphatic rings. The quantitative estimate of drug-likeness (QED) is 0.860. The molecule has 2 heteroatoms. The molecule has 17 heavy (non-hydrogen) atoms. The number of hydrogen-bond donors (Lipinski definition) is 1. The first-order valence-corrected chi connectivity index (χ1v) is 6.77. The van der Waals surface area contributed by atoms with E-state index in [4.69, 9.17) is 4.74 Å². The van der Waals surface area contributed by atoms with Gasteiger partial charge in [-0.05, 0) is 37.9 Å². The Bertz CT molecular complexity index is 375. The summed E-state index contributed by atoms with van der Waals surface area (Å²) in [5, 5.41) is 3.63.